The van der Waals surface area contributed by atoms with Crippen LogP contribution in [-0.2, 0) is 11.2 Å². The Balaban J connectivity index is 1.99. The lowest BCUT2D eigenvalue weighted by Gasteiger charge is -2.00. The van der Waals surface area contributed by atoms with E-state index in [9.17, 15) is 4.79 Å². The van der Waals surface area contributed by atoms with Gasteiger partial charge in [0, 0.05) is 19.0 Å². The molecule has 90 valence electrons. The predicted molar refractivity (Wildman–Crippen MR) is 64.8 cm³/mol. The minimum absolute atomic E-state index is 0.0459. The summed E-state index contributed by atoms with van der Waals surface area (Å²) in [6.07, 6.45) is 4.15. The summed E-state index contributed by atoms with van der Waals surface area (Å²) < 4.78 is 5.40. The number of carbonyl (C=O) groups excluding carboxylic acids is 1. The molecule has 0 fully saturated rings. The van der Waals surface area contributed by atoms with Crippen LogP contribution in [-0.4, -0.2) is 30.8 Å². The standard InChI is InChI=1S/C13H15NO3/c15-7-6-14-13(16)4-2-10-1-3-12-11(9-10)5-8-17-12/h1-4,9,15H,5-8H2,(H,14,16)/b4-2+. The van der Waals surface area contributed by atoms with E-state index in [4.69, 9.17) is 9.84 Å². The van der Waals surface area contributed by atoms with Gasteiger partial charge in [0.2, 0.25) is 5.91 Å². The van der Waals surface area contributed by atoms with E-state index in [-0.39, 0.29) is 19.1 Å². The van der Waals surface area contributed by atoms with Crippen LogP contribution in [0.1, 0.15) is 11.1 Å². The Morgan fingerprint density at radius 2 is 2.41 bits per heavy atom. The molecule has 0 unspecified atom stereocenters. The predicted octanol–water partition coefficient (Wildman–Crippen LogP) is 0.743. The third-order valence-corrected chi connectivity index (χ3v) is 2.55. The number of aliphatic hydroxyl groups excluding tert-OH is 1. The van der Waals surface area contributed by atoms with Gasteiger partial charge in [-0.05, 0) is 29.3 Å². The Bertz CT molecular complexity index is 440. The third kappa shape index (κ3) is 3.07. The molecule has 1 aromatic rings. The van der Waals surface area contributed by atoms with Crippen LogP contribution in [0.25, 0.3) is 6.08 Å². The first kappa shape index (κ1) is 11.7. The average Bonchev–Trinajstić information content (AvgIpc) is 2.81. The van der Waals surface area contributed by atoms with Gasteiger partial charge < -0.3 is 15.2 Å². The zero-order chi connectivity index (χ0) is 12.1. The summed E-state index contributed by atoms with van der Waals surface area (Å²) in [5.41, 5.74) is 2.16. The maximum Gasteiger partial charge on any atom is 0.244 e. The highest BCUT2D eigenvalue weighted by molar-refractivity contribution is 5.91. The van der Waals surface area contributed by atoms with Crippen molar-refractivity contribution in [2.24, 2.45) is 0 Å². The fourth-order valence-corrected chi connectivity index (χ4v) is 1.72. The van der Waals surface area contributed by atoms with Gasteiger partial charge in [-0.25, -0.2) is 0 Å². The second kappa shape index (κ2) is 5.50. The SMILES string of the molecule is O=C(/C=C/c1ccc2c(c1)CCO2)NCCO. The molecule has 4 nitrogen and oxygen atoms in total. The largest absolute Gasteiger partial charge is 0.493 e. The molecule has 1 amide bonds. The molecule has 0 radical (unpaired) electrons. The zero-order valence-electron chi connectivity index (χ0n) is 9.48. The molecular formula is C13H15NO3. The van der Waals surface area contributed by atoms with Crippen molar-refractivity contribution >= 4 is 12.0 Å². The first-order valence-electron chi connectivity index (χ1n) is 5.62. The van der Waals surface area contributed by atoms with E-state index in [1.54, 1.807) is 6.08 Å². The highest BCUT2D eigenvalue weighted by atomic mass is 16.5. The maximum atomic E-state index is 11.3. The van der Waals surface area contributed by atoms with Crippen LogP contribution in [0.15, 0.2) is 24.3 Å². The fourth-order valence-electron chi connectivity index (χ4n) is 1.72. The quantitative estimate of drug-likeness (QED) is 0.754. The Morgan fingerprint density at radius 1 is 1.53 bits per heavy atom. The minimum Gasteiger partial charge on any atom is -0.493 e. The summed E-state index contributed by atoms with van der Waals surface area (Å²) in [5.74, 6) is 0.739. The summed E-state index contributed by atoms with van der Waals surface area (Å²) in [4.78, 5) is 11.3. The van der Waals surface area contributed by atoms with Gasteiger partial charge in [0.25, 0.3) is 0 Å². The lowest BCUT2D eigenvalue weighted by molar-refractivity contribution is -0.116. The van der Waals surface area contributed by atoms with E-state index in [1.165, 1.54) is 11.6 Å². The van der Waals surface area contributed by atoms with E-state index in [2.05, 4.69) is 5.32 Å². The maximum absolute atomic E-state index is 11.3. The number of hydrogen-bond acceptors (Lipinski definition) is 3. The Kier molecular flexibility index (Phi) is 3.77. The normalized spacial score (nSPS) is 13.5. The molecule has 0 bridgehead atoms. The van der Waals surface area contributed by atoms with Crippen molar-refractivity contribution < 1.29 is 14.6 Å². The van der Waals surface area contributed by atoms with Gasteiger partial charge in [0.05, 0.1) is 13.2 Å². The number of fused-ring (bicyclic) bond motifs is 1. The molecule has 2 N–H and O–H groups in total. The molecule has 1 aliphatic rings. The Labute approximate surface area is 99.9 Å². The first-order chi connectivity index (χ1) is 8.29. The van der Waals surface area contributed by atoms with Gasteiger partial charge in [-0.2, -0.15) is 0 Å². The van der Waals surface area contributed by atoms with E-state index in [0.717, 1.165) is 24.3 Å². The molecule has 0 spiro atoms. The van der Waals surface area contributed by atoms with Crippen molar-refractivity contribution in [3.63, 3.8) is 0 Å². The molecule has 4 heteroatoms. The van der Waals surface area contributed by atoms with Crippen molar-refractivity contribution in [2.45, 2.75) is 6.42 Å². The summed E-state index contributed by atoms with van der Waals surface area (Å²) in [6.45, 7) is 0.969. The number of amides is 1. The van der Waals surface area contributed by atoms with Crippen LogP contribution in [0.3, 0.4) is 0 Å². The van der Waals surface area contributed by atoms with Crippen LogP contribution in [0.2, 0.25) is 0 Å². The Hall–Kier alpha value is -1.81. The third-order valence-electron chi connectivity index (χ3n) is 2.55. The number of aliphatic hydroxyl groups is 1. The molecule has 0 aromatic heterocycles. The molecule has 0 atom stereocenters. The van der Waals surface area contributed by atoms with Crippen molar-refractivity contribution in [1.82, 2.24) is 5.32 Å². The second-order valence-corrected chi connectivity index (χ2v) is 3.81. The molecule has 1 heterocycles. The first-order valence-corrected chi connectivity index (χ1v) is 5.62. The monoisotopic (exact) mass is 233 g/mol. The topological polar surface area (TPSA) is 58.6 Å². The van der Waals surface area contributed by atoms with Gasteiger partial charge in [0.15, 0.2) is 0 Å². The Morgan fingerprint density at radius 3 is 3.24 bits per heavy atom. The summed E-state index contributed by atoms with van der Waals surface area (Å²) in [6, 6.07) is 5.87. The van der Waals surface area contributed by atoms with Crippen LogP contribution in [0, 0.1) is 0 Å². The fraction of sp³-hybridized carbons (Fsp3) is 0.308. The molecule has 17 heavy (non-hydrogen) atoms. The van der Waals surface area contributed by atoms with Crippen LogP contribution >= 0.6 is 0 Å². The van der Waals surface area contributed by atoms with Gasteiger partial charge in [-0.15, -0.1) is 0 Å². The molecule has 1 aliphatic heterocycles. The van der Waals surface area contributed by atoms with Gasteiger partial charge in [-0.1, -0.05) is 6.07 Å². The number of ether oxygens (including phenoxy) is 1. The van der Waals surface area contributed by atoms with Gasteiger partial charge >= 0.3 is 0 Å². The van der Waals surface area contributed by atoms with Crippen molar-refractivity contribution in [3.8, 4) is 5.75 Å². The average molecular weight is 233 g/mol. The second-order valence-electron chi connectivity index (χ2n) is 3.81. The zero-order valence-corrected chi connectivity index (χ0v) is 9.48. The van der Waals surface area contributed by atoms with Crippen LogP contribution < -0.4 is 10.1 Å². The molecule has 0 saturated heterocycles. The summed E-state index contributed by atoms with van der Waals surface area (Å²) in [7, 11) is 0. The lowest BCUT2D eigenvalue weighted by Crippen LogP contribution is -2.24. The highest BCUT2D eigenvalue weighted by Gasteiger charge is 2.10. The van der Waals surface area contributed by atoms with E-state index in [0.29, 0.717) is 0 Å². The van der Waals surface area contributed by atoms with Crippen molar-refractivity contribution in [1.29, 1.82) is 0 Å². The molecular weight excluding hydrogens is 218 g/mol. The molecule has 1 aromatic carbocycles. The smallest absolute Gasteiger partial charge is 0.244 e. The van der Waals surface area contributed by atoms with E-state index in [1.807, 2.05) is 18.2 Å². The number of benzene rings is 1. The van der Waals surface area contributed by atoms with Crippen LogP contribution in [0.4, 0.5) is 0 Å². The summed E-state index contributed by atoms with van der Waals surface area (Å²) in [5, 5.41) is 11.1. The van der Waals surface area contributed by atoms with E-state index >= 15 is 0 Å². The van der Waals surface area contributed by atoms with E-state index < -0.39 is 0 Å². The number of hydrogen-bond donors (Lipinski definition) is 2. The highest BCUT2D eigenvalue weighted by Crippen LogP contribution is 2.26. The number of nitrogens with one attached hydrogen (secondary N) is 1. The van der Waals surface area contributed by atoms with Crippen molar-refractivity contribution in [2.75, 3.05) is 19.8 Å². The molecule has 0 aliphatic carbocycles. The van der Waals surface area contributed by atoms with Crippen molar-refractivity contribution in [3.05, 3.63) is 35.4 Å². The minimum atomic E-state index is -0.198. The number of rotatable bonds is 4. The molecule has 0 saturated carbocycles. The lowest BCUT2D eigenvalue weighted by atomic mass is 10.1. The number of carbonyl (C=O) groups is 1. The molecule has 2 rings (SSSR count). The summed E-state index contributed by atoms with van der Waals surface area (Å²) >= 11 is 0. The van der Waals surface area contributed by atoms with Gasteiger partial charge in [-0.3, -0.25) is 4.79 Å². The van der Waals surface area contributed by atoms with Crippen LogP contribution in [0.5, 0.6) is 5.75 Å². The van der Waals surface area contributed by atoms with Gasteiger partial charge in [0.1, 0.15) is 5.75 Å².